The Bertz CT molecular complexity index is 483. The molecule has 0 spiro atoms. The predicted molar refractivity (Wildman–Crippen MR) is 75.6 cm³/mol. The smallest absolute Gasteiger partial charge is 0.144 e. The molecule has 19 heavy (non-hydrogen) atoms. The fourth-order valence-corrected chi connectivity index (χ4v) is 1.82. The molecule has 0 amide bonds. The molecule has 0 unspecified atom stereocenters. The lowest BCUT2D eigenvalue weighted by molar-refractivity contribution is 0.267. The fourth-order valence-electron chi connectivity index (χ4n) is 1.82. The summed E-state index contributed by atoms with van der Waals surface area (Å²) in [6.45, 7) is 4.82. The van der Waals surface area contributed by atoms with Crippen molar-refractivity contribution >= 4 is 5.82 Å². The van der Waals surface area contributed by atoms with Gasteiger partial charge in [0.1, 0.15) is 5.82 Å². The molecule has 0 aromatic carbocycles. The van der Waals surface area contributed by atoms with E-state index in [1.807, 2.05) is 37.8 Å². The largest absolute Gasteiger partial charge is 0.372 e. The maximum absolute atomic E-state index is 4.40. The summed E-state index contributed by atoms with van der Waals surface area (Å²) < 4.78 is 0. The summed E-state index contributed by atoms with van der Waals surface area (Å²) in [6, 6.07) is 4.08. The summed E-state index contributed by atoms with van der Waals surface area (Å²) in [5, 5.41) is 2.97. The number of nitrogens with zero attached hydrogens (tertiary/aromatic N) is 4. The molecule has 0 aliphatic carbocycles. The van der Waals surface area contributed by atoms with Crippen molar-refractivity contribution in [2.24, 2.45) is 0 Å². The standard InChI is InChI=1S/C14H19N5/c1-3-19(10-12-4-6-16-7-5-12)11-13-8-18-14(15-2)9-17-13/h4-9H,3,10-11H2,1-2H3,(H,15,18). The van der Waals surface area contributed by atoms with Crippen LogP contribution in [0.15, 0.2) is 36.9 Å². The molecule has 0 atom stereocenters. The second-order valence-electron chi connectivity index (χ2n) is 4.30. The van der Waals surface area contributed by atoms with E-state index in [9.17, 15) is 0 Å². The van der Waals surface area contributed by atoms with Gasteiger partial charge in [0, 0.05) is 32.5 Å². The van der Waals surface area contributed by atoms with Crippen LogP contribution in [-0.4, -0.2) is 33.4 Å². The highest BCUT2D eigenvalue weighted by atomic mass is 15.1. The summed E-state index contributed by atoms with van der Waals surface area (Å²) in [7, 11) is 1.84. The van der Waals surface area contributed by atoms with Crippen LogP contribution >= 0.6 is 0 Å². The number of anilines is 1. The van der Waals surface area contributed by atoms with E-state index in [-0.39, 0.29) is 0 Å². The highest BCUT2D eigenvalue weighted by Crippen LogP contribution is 2.08. The molecule has 0 saturated carbocycles. The van der Waals surface area contributed by atoms with Gasteiger partial charge in [-0.25, -0.2) is 4.98 Å². The SMILES string of the molecule is CCN(Cc1ccncc1)Cc1cnc(NC)cn1. The average Bonchev–Trinajstić information content (AvgIpc) is 2.48. The predicted octanol–water partition coefficient (Wildman–Crippen LogP) is 1.94. The van der Waals surface area contributed by atoms with Crippen LogP contribution in [0.1, 0.15) is 18.2 Å². The van der Waals surface area contributed by atoms with Crippen molar-refractivity contribution in [3.05, 3.63) is 48.2 Å². The number of pyridine rings is 1. The molecule has 1 N–H and O–H groups in total. The Morgan fingerprint density at radius 2 is 1.89 bits per heavy atom. The highest BCUT2D eigenvalue weighted by Gasteiger charge is 2.06. The first-order chi connectivity index (χ1) is 9.31. The number of hydrogen-bond donors (Lipinski definition) is 1. The molecule has 5 heteroatoms. The molecular formula is C14H19N5. The zero-order valence-electron chi connectivity index (χ0n) is 11.4. The lowest BCUT2D eigenvalue weighted by Gasteiger charge is -2.19. The lowest BCUT2D eigenvalue weighted by Crippen LogP contribution is -2.23. The van der Waals surface area contributed by atoms with Crippen molar-refractivity contribution < 1.29 is 0 Å². The molecule has 0 radical (unpaired) electrons. The van der Waals surface area contributed by atoms with Crippen molar-refractivity contribution in [2.45, 2.75) is 20.0 Å². The van der Waals surface area contributed by atoms with Crippen molar-refractivity contribution in [2.75, 3.05) is 18.9 Å². The first kappa shape index (κ1) is 13.4. The maximum Gasteiger partial charge on any atom is 0.144 e. The fraction of sp³-hybridized carbons (Fsp3) is 0.357. The zero-order valence-corrected chi connectivity index (χ0v) is 11.4. The Kier molecular flexibility index (Phi) is 4.80. The molecule has 100 valence electrons. The second kappa shape index (κ2) is 6.80. The van der Waals surface area contributed by atoms with E-state index < -0.39 is 0 Å². The first-order valence-electron chi connectivity index (χ1n) is 6.41. The minimum absolute atomic E-state index is 0.793. The monoisotopic (exact) mass is 257 g/mol. The number of hydrogen-bond acceptors (Lipinski definition) is 5. The van der Waals surface area contributed by atoms with E-state index >= 15 is 0 Å². The summed E-state index contributed by atoms with van der Waals surface area (Å²) in [4.78, 5) is 15.0. The van der Waals surface area contributed by atoms with E-state index in [1.165, 1.54) is 5.56 Å². The van der Waals surface area contributed by atoms with Crippen LogP contribution in [0.3, 0.4) is 0 Å². The van der Waals surface area contributed by atoms with E-state index in [1.54, 1.807) is 6.20 Å². The third-order valence-electron chi connectivity index (χ3n) is 2.95. The summed E-state index contributed by atoms with van der Waals surface area (Å²) >= 11 is 0. The van der Waals surface area contributed by atoms with Gasteiger partial charge in [0.15, 0.2) is 0 Å². The van der Waals surface area contributed by atoms with Crippen molar-refractivity contribution in [3.8, 4) is 0 Å². The van der Waals surface area contributed by atoms with Gasteiger partial charge in [-0.3, -0.25) is 14.9 Å². The van der Waals surface area contributed by atoms with E-state index in [4.69, 9.17) is 0 Å². The third kappa shape index (κ3) is 3.99. The number of nitrogens with one attached hydrogen (secondary N) is 1. The maximum atomic E-state index is 4.40. The normalized spacial score (nSPS) is 10.7. The highest BCUT2D eigenvalue weighted by molar-refractivity contribution is 5.29. The van der Waals surface area contributed by atoms with Crippen LogP contribution in [0.5, 0.6) is 0 Å². The van der Waals surface area contributed by atoms with Gasteiger partial charge in [-0.2, -0.15) is 0 Å². The van der Waals surface area contributed by atoms with Crippen LogP contribution in [-0.2, 0) is 13.1 Å². The molecule has 0 aliphatic heterocycles. The molecule has 0 saturated heterocycles. The van der Waals surface area contributed by atoms with Crippen LogP contribution in [0.2, 0.25) is 0 Å². The molecule has 0 fully saturated rings. The summed E-state index contributed by atoms with van der Waals surface area (Å²) in [5.74, 6) is 0.793. The van der Waals surface area contributed by atoms with Crippen LogP contribution < -0.4 is 5.32 Å². The molecular weight excluding hydrogens is 238 g/mol. The molecule has 0 aliphatic rings. The van der Waals surface area contributed by atoms with E-state index in [0.29, 0.717) is 0 Å². The van der Waals surface area contributed by atoms with Crippen LogP contribution in [0.25, 0.3) is 0 Å². The third-order valence-corrected chi connectivity index (χ3v) is 2.95. The Morgan fingerprint density at radius 1 is 1.11 bits per heavy atom. The van der Waals surface area contributed by atoms with Gasteiger partial charge in [-0.05, 0) is 24.2 Å². The zero-order chi connectivity index (χ0) is 13.5. The molecule has 2 rings (SSSR count). The van der Waals surface area contributed by atoms with Crippen LogP contribution in [0, 0.1) is 0 Å². The minimum Gasteiger partial charge on any atom is -0.372 e. The molecule has 2 heterocycles. The van der Waals surface area contributed by atoms with Crippen molar-refractivity contribution in [1.82, 2.24) is 19.9 Å². The summed E-state index contributed by atoms with van der Waals surface area (Å²) in [5.41, 5.74) is 2.24. The Hall–Kier alpha value is -2.01. The van der Waals surface area contributed by atoms with E-state index in [2.05, 4.69) is 32.1 Å². The molecule has 2 aromatic rings. The molecule has 2 aromatic heterocycles. The first-order valence-corrected chi connectivity index (χ1v) is 6.41. The average molecular weight is 257 g/mol. The Balaban J connectivity index is 1.98. The van der Waals surface area contributed by atoms with E-state index in [0.717, 1.165) is 31.1 Å². The molecule has 5 nitrogen and oxygen atoms in total. The van der Waals surface area contributed by atoms with Gasteiger partial charge in [0.25, 0.3) is 0 Å². The van der Waals surface area contributed by atoms with Crippen molar-refractivity contribution in [3.63, 3.8) is 0 Å². The molecule has 0 bridgehead atoms. The lowest BCUT2D eigenvalue weighted by atomic mass is 10.2. The summed E-state index contributed by atoms with van der Waals surface area (Å²) in [6.07, 6.45) is 7.23. The van der Waals surface area contributed by atoms with Crippen molar-refractivity contribution in [1.29, 1.82) is 0 Å². The number of rotatable bonds is 6. The second-order valence-corrected chi connectivity index (χ2v) is 4.30. The van der Waals surface area contributed by atoms with Gasteiger partial charge in [-0.15, -0.1) is 0 Å². The quantitative estimate of drug-likeness (QED) is 0.857. The van der Waals surface area contributed by atoms with Gasteiger partial charge in [0.2, 0.25) is 0 Å². The van der Waals surface area contributed by atoms with Gasteiger partial charge < -0.3 is 5.32 Å². The van der Waals surface area contributed by atoms with Gasteiger partial charge >= 0.3 is 0 Å². The topological polar surface area (TPSA) is 53.9 Å². The number of aromatic nitrogens is 3. The van der Waals surface area contributed by atoms with Crippen LogP contribution in [0.4, 0.5) is 5.82 Å². The van der Waals surface area contributed by atoms with Gasteiger partial charge in [-0.1, -0.05) is 6.92 Å². The minimum atomic E-state index is 0.793. The van der Waals surface area contributed by atoms with Gasteiger partial charge in [0.05, 0.1) is 18.1 Å². The Labute approximate surface area is 113 Å². The Morgan fingerprint density at radius 3 is 2.47 bits per heavy atom.